The topological polar surface area (TPSA) is 102 Å². The normalized spacial score (nSPS) is 11.9. The van der Waals surface area contributed by atoms with Gasteiger partial charge in [-0.25, -0.2) is 9.67 Å². The molecule has 174 valence electrons. The lowest BCUT2D eigenvalue weighted by molar-refractivity contribution is -0.115. The molecule has 5 aromatic rings. The molecule has 0 bridgehead atoms. The van der Waals surface area contributed by atoms with Gasteiger partial charge >= 0.3 is 0 Å². The first kappa shape index (κ1) is 22.4. The van der Waals surface area contributed by atoms with Crippen LogP contribution in [0.3, 0.4) is 0 Å². The zero-order chi connectivity index (χ0) is 24.4. The van der Waals surface area contributed by atoms with Crippen molar-refractivity contribution in [2.24, 2.45) is 0 Å². The maximum Gasteiger partial charge on any atom is 0.273 e. The zero-order valence-corrected chi connectivity index (χ0v) is 19.5. The Morgan fingerprint density at radius 1 is 0.914 bits per heavy atom. The van der Waals surface area contributed by atoms with Gasteiger partial charge in [0.1, 0.15) is 5.82 Å². The molecule has 0 radical (unpaired) electrons. The van der Waals surface area contributed by atoms with Crippen molar-refractivity contribution in [3.63, 3.8) is 0 Å². The van der Waals surface area contributed by atoms with Gasteiger partial charge in [0.15, 0.2) is 5.16 Å². The second-order valence-corrected chi connectivity index (χ2v) is 9.12. The van der Waals surface area contributed by atoms with Crippen LogP contribution >= 0.6 is 11.8 Å². The number of H-pyrrole nitrogens is 1. The number of hydrogen-bond donors (Lipinski definition) is 2. The van der Waals surface area contributed by atoms with E-state index in [1.807, 2.05) is 54.6 Å². The van der Waals surface area contributed by atoms with E-state index in [1.54, 1.807) is 37.3 Å². The molecule has 0 aliphatic heterocycles. The molecule has 5 rings (SSSR count). The van der Waals surface area contributed by atoms with Gasteiger partial charge in [-0.1, -0.05) is 60.3 Å². The number of para-hydroxylation sites is 3. The van der Waals surface area contributed by atoms with E-state index in [0.29, 0.717) is 27.4 Å². The highest BCUT2D eigenvalue weighted by atomic mass is 32.2. The van der Waals surface area contributed by atoms with Crippen LogP contribution in [-0.4, -0.2) is 30.5 Å². The second-order valence-electron chi connectivity index (χ2n) is 7.82. The molecular weight excluding hydrogens is 462 g/mol. The molecule has 0 saturated carbocycles. The number of benzene rings is 3. The molecule has 0 fully saturated rings. The van der Waals surface area contributed by atoms with E-state index in [-0.39, 0.29) is 22.8 Å². The minimum absolute atomic E-state index is 0.207. The minimum Gasteiger partial charge on any atom is -0.310 e. The summed E-state index contributed by atoms with van der Waals surface area (Å²) in [6.45, 7) is 1.73. The first-order chi connectivity index (χ1) is 17.0. The summed E-state index contributed by atoms with van der Waals surface area (Å²) in [7, 11) is 0. The first-order valence-electron chi connectivity index (χ1n) is 10.9. The molecule has 0 aliphatic carbocycles. The Labute approximate surface area is 204 Å². The van der Waals surface area contributed by atoms with E-state index < -0.39 is 5.25 Å². The maximum absolute atomic E-state index is 13.3. The SMILES string of the molecule is CC(Sc1nc2ccccc2c(=O)n1-c1ccccc1)C(=O)Nc1cc(=O)n(-c2ccccc2)[nH]1. The third-order valence-electron chi connectivity index (χ3n) is 5.40. The summed E-state index contributed by atoms with van der Waals surface area (Å²) >= 11 is 1.17. The number of carbonyl (C=O) groups excluding carboxylic acids is 1. The average molecular weight is 484 g/mol. The number of nitrogens with zero attached hydrogens (tertiary/aromatic N) is 3. The molecule has 1 amide bonds. The van der Waals surface area contributed by atoms with Crippen molar-refractivity contribution < 1.29 is 4.79 Å². The van der Waals surface area contributed by atoms with Gasteiger partial charge in [0, 0.05) is 6.07 Å². The fourth-order valence-corrected chi connectivity index (χ4v) is 4.60. The number of hydrogen-bond acceptors (Lipinski definition) is 5. The summed E-state index contributed by atoms with van der Waals surface area (Å²) in [5.74, 6) is -0.0540. The molecule has 2 N–H and O–H groups in total. The highest BCUT2D eigenvalue weighted by molar-refractivity contribution is 8.00. The van der Waals surface area contributed by atoms with Crippen LogP contribution in [-0.2, 0) is 4.79 Å². The van der Waals surface area contributed by atoms with Crippen LogP contribution in [0.2, 0.25) is 0 Å². The Hall–Kier alpha value is -4.37. The van der Waals surface area contributed by atoms with Gasteiger partial charge in [0.05, 0.1) is 27.5 Å². The Morgan fingerprint density at radius 3 is 2.26 bits per heavy atom. The third kappa shape index (κ3) is 4.53. The minimum atomic E-state index is -0.610. The van der Waals surface area contributed by atoms with E-state index in [9.17, 15) is 14.4 Å². The van der Waals surface area contributed by atoms with Crippen LogP contribution in [0.4, 0.5) is 5.82 Å². The number of nitrogens with one attached hydrogen (secondary N) is 2. The van der Waals surface area contributed by atoms with E-state index in [2.05, 4.69) is 15.4 Å². The van der Waals surface area contributed by atoms with Gasteiger partial charge in [-0.05, 0) is 43.3 Å². The monoisotopic (exact) mass is 483 g/mol. The lowest BCUT2D eigenvalue weighted by Gasteiger charge is -2.16. The maximum atomic E-state index is 13.3. The van der Waals surface area contributed by atoms with Crippen LogP contribution in [0.5, 0.6) is 0 Å². The molecule has 2 aromatic heterocycles. The van der Waals surface area contributed by atoms with Crippen molar-refractivity contribution >= 4 is 34.4 Å². The summed E-state index contributed by atoms with van der Waals surface area (Å²) in [5.41, 5.74) is 1.38. The standard InChI is InChI=1S/C26H21N5O3S/c1-17(24(33)28-22-16-23(32)31(29-22)19-12-6-3-7-13-19)35-26-27-21-15-9-8-14-20(21)25(34)30(26)18-10-4-2-5-11-18/h2-17,29H,1H3,(H,28,33). The number of fused-ring (bicyclic) bond motifs is 1. The van der Waals surface area contributed by atoms with Crippen LogP contribution < -0.4 is 16.4 Å². The summed E-state index contributed by atoms with van der Waals surface area (Å²) in [5, 5.41) is 5.95. The molecular formula is C26H21N5O3S. The molecule has 8 nitrogen and oxygen atoms in total. The van der Waals surface area contributed by atoms with E-state index in [1.165, 1.54) is 27.1 Å². The Bertz CT molecular complexity index is 1620. The molecule has 0 saturated heterocycles. The summed E-state index contributed by atoms with van der Waals surface area (Å²) in [6, 6.07) is 26.7. The number of aromatic amines is 1. The molecule has 1 atom stereocenters. The number of thioether (sulfide) groups is 1. The summed E-state index contributed by atoms with van der Waals surface area (Å²) in [6.07, 6.45) is 0. The van der Waals surface area contributed by atoms with Crippen molar-refractivity contribution in [3.05, 3.63) is 112 Å². The van der Waals surface area contributed by atoms with Crippen molar-refractivity contribution in [1.82, 2.24) is 19.3 Å². The van der Waals surface area contributed by atoms with Gasteiger partial charge in [-0.15, -0.1) is 0 Å². The fourth-order valence-electron chi connectivity index (χ4n) is 3.67. The zero-order valence-electron chi connectivity index (χ0n) is 18.7. The van der Waals surface area contributed by atoms with Gasteiger partial charge in [0.2, 0.25) is 5.91 Å². The van der Waals surface area contributed by atoms with Crippen molar-refractivity contribution in [2.75, 3.05) is 5.32 Å². The smallest absolute Gasteiger partial charge is 0.273 e. The highest BCUT2D eigenvalue weighted by Gasteiger charge is 2.21. The van der Waals surface area contributed by atoms with Crippen LogP contribution in [0.1, 0.15) is 6.92 Å². The van der Waals surface area contributed by atoms with Gasteiger partial charge in [0.25, 0.3) is 11.1 Å². The van der Waals surface area contributed by atoms with Crippen molar-refractivity contribution in [1.29, 1.82) is 0 Å². The van der Waals surface area contributed by atoms with Crippen molar-refractivity contribution in [2.45, 2.75) is 17.3 Å². The largest absolute Gasteiger partial charge is 0.310 e. The van der Waals surface area contributed by atoms with Crippen molar-refractivity contribution in [3.8, 4) is 11.4 Å². The molecule has 9 heteroatoms. The van der Waals surface area contributed by atoms with Crippen LogP contribution in [0.25, 0.3) is 22.3 Å². The number of amides is 1. The molecule has 35 heavy (non-hydrogen) atoms. The fraction of sp³-hybridized carbons (Fsp3) is 0.0769. The van der Waals surface area contributed by atoms with E-state index in [0.717, 1.165) is 0 Å². The highest BCUT2D eigenvalue weighted by Crippen LogP contribution is 2.25. The predicted molar refractivity (Wildman–Crippen MR) is 138 cm³/mol. The predicted octanol–water partition coefficient (Wildman–Crippen LogP) is 3.98. The van der Waals surface area contributed by atoms with Gasteiger partial charge in [-0.2, -0.15) is 0 Å². The Morgan fingerprint density at radius 2 is 1.54 bits per heavy atom. The number of anilines is 1. The third-order valence-corrected chi connectivity index (χ3v) is 6.46. The molecule has 0 aliphatic rings. The molecule has 1 unspecified atom stereocenters. The summed E-state index contributed by atoms with van der Waals surface area (Å²) in [4.78, 5) is 43.4. The summed E-state index contributed by atoms with van der Waals surface area (Å²) < 4.78 is 2.87. The van der Waals surface area contributed by atoms with Gasteiger partial charge < -0.3 is 5.32 Å². The molecule has 2 heterocycles. The van der Waals surface area contributed by atoms with Gasteiger partial charge in [-0.3, -0.25) is 24.0 Å². The quantitative estimate of drug-likeness (QED) is 0.281. The van der Waals surface area contributed by atoms with Crippen LogP contribution in [0, 0.1) is 0 Å². The number of carbonyl (C=O) groups is 1. The first-order valence-corrected chi connectivity index (χ1v) is 11.8. The molecule has 3 aromatic carbocycles. The second kappa shape index (κ2) is 9.47. The Kier molecular flexibility index (Phi) is 6.07. The molecule has 0 spiro atoms. The average Bonchev–Trinajstić information content (AvgIpc) is 3.25. The lowest BCUT2D eigenvalue weighted by atomic mass is 10.2. The number of aromatic nitrogens is 4. The van der Waals surface area contributed by atoms with E-state index >= 15 is 0 Å². The van der Waals surface area contributed by atoms with Crippen LogP contribution in [0.15, 0.2) is 106 Å². The van der Waals surface area contributed by atoms with E-state index in [4.69, 9.17) is 0 Å². The Balaban J connectivity index is 1.44. The lowest BCUT2D eigenvalue weighted by Crippen LogP contribution is -2.26. The number of rotatable bonds is 6.